The van der Waals surface area contributed by atoms with E-state index in [0.29, 0.717) is 12.6 Å². The van der Waals surface area contributed by atoms with Gasteiger partial charge in [0.15, 0.2) is 0 Å². The summed E-state index contributed by atoms with van der Waals surface area (Å²) in [5, 5.41) is 0. The van der Waals surface area contributed by atoms with Gasteiger partial charge in [0.2, 0.25) is 0 Å². The van der Waals surface area contributed by atoms with Crippen LogP contribution in [0.25, 0.3) is 0 Å². The molecular weight excluding hydrogens is 238 g/mol. The molecule has 0 radical (unpaired) electrons. The number of hydrogen-bond donors (Lipinski definition) is 1. The summed E-state index contributed by atoms with van der Waals surface area (Å²) in [7, 11) is 0. The van der Waals surface area contributed by atoms with Gasteiger partial charge in [0.25, 0.3) is 0 Å². The fourth-order valence-corrected chi connectivity index (χ4v) is 2.54. The van der Waals surface area contributed by atoms with Crippen LogP contribution >= 0.6 is 0 Å². The first kappa shape index (κ1) is 14.3. The van der Waals surface area contributed by atoms with Gasteiger partial charge in [-0.2, -0.15) is 0 Å². The van der Waals surface area contributed by atoms with E-state index in [1.54, 1.807) is 0 Å². The van der Waals surface area contributed by atoms with E-state index in [-0.39, 0.29) is 0 Å². The van der Waals surface area contributed by atoms with Crippen LogP contribution in [0.1, 0.15) is 37.4 Å². The van der Waals surface area contributed by atoms with Gasteiger partial charge in [-0.25, -0.2) is 4.98 Å². The molecule has 1 unspecified atom stereocenters. The average Bonchev–Trinajstić information content (AvgIpc) is 2.45. The molecule has 4 nitrogen and oxygen atoms in total. The molecule has 19 heavy (non-hydrogen) atoms. The van der Waals surface area contributed by atoms with Crippen LogP contribution in [0.5, 0.6) is 0 Å². The third kappa shape index (κ3) is 3.67. The number of nitrogens with zero attached hydrogens (tertiary/aromatic N) is 2. The van der Waals surface area contributed by atoms with Crippen LogP contribution in [-0.4, -0.2) is 30.8 Å². The maximum atomic E-state index is 5.87. The van der Waals surface area contributed by atoms with Gasteiger partial charge in [-0.05, 0) is 37.8 Å². The van der Waals surface area contributed by atoms with Gasteiger partial charge in [0, 0.05) is 31.9 Å². The van der Waals surface area contributed by atoms with Gasteiger partial charge in [0.1, 0.15) is 5.82 Å². The van der Waals surface area contributed by atoms with Crippen LogP contribution in [0.2, 0.25) is 0 Å². The maximum absolute atomic E-state index is 5.87. The Hall–Kier alpha value is -1.13. The van der Waals surface area contributed by atoms with Gasteiger partial charge < -0.3 is 15.4 Å². The minimum atomic E-state index is 0.352. The van der Waals surface area contributed by atoms with Crippen LogP contribution in [0, 0.1) is 6.92 Å². The fourth-order valence-electron chi connectivity index (χ4n) is 2.54. The molecule has 2 heterocycles. The monoisotopic (exact) mass is 263 g/mol. The van der Waals surface area contributed by atoms with Crippen molar-refractivity contribution in [3.8, 4) is 0 Å². The zero-order valence-electron chi connectivity index (χ0n) is 12.1. The van der Waals surface area contributed by atoms with Gasteiger partial charge in [-0.1, -0.05) is 13.0 Å². The van der Waals surface area contributed by atoms with Crippen molar-refractivity contribution < 1.29 is 4.74 Å². The Labute approximate surface area is 116 Å². The zero-order valence-corrected chi connectivity index (χ0v) is 12.1. The van der Waals surface area contributed by atoms with Gasteiger partial charge >= 0.3 is 0 Å². The predicted octanol–water partition coefficient (Wildman–Crippen LogP) is 2.24. The van der Waals surface area contributed by atoms with Crippen molar-refractivity contribution in [2.24, 2.45) is 5.73 Å². The van der Waals surface area contributed by atoms with Crippen molar-refractivity contribution in [1.29, 1.82) is 0 Å². The molecule has 1 fully saturated rings. The van der Waals surface area contributed by atoms with E-state index < -0.39 is 0 Å². The first-order valence-electron chi connectivity index (χ1n) is 7.27. The number of aromatic nitrogens is 1. The number of rotatable bonds is 5. The molecule has 1 saturated heterocycles. The van der Waals surface area contributed by atoms with E-state index in [4.69, 9.17) is 10.5 Å². The summed E-state index contributed by atoms with van der Waals surface area (Å²) in [4.78, 5) is 7.00. The predicted molar refractivity (Wildman–Crippen MR) is 78.3 cm³/mol. The molecule has 0 amide bonds. The Balaban J connectivity index is 2.02. The molecule has 1 aromatic rings. The number of pyridine rings is 1. The number of anilines is 1. The lowest BCUT2D eigenvalue weighted by Crippen LogP contribution is -2.40. The second-order valence-electron chi connectivity index (χ2n) is 5.20. The Morgan fingerprint density at radius 3 is 3.00 bits per heavy atom. The molecule has 2 rings (SSSR count). The summed E-state index contributed by atoms with van der Waals surface area (Å²) in [6.07, 6.45) is 3.77. The molecule has 1 aliphatic heterocycles. The highest BCUT2D eigenvalue weighted by Gasteiger charge is 2.21. The van der Waals surface area contributed by atoms with E-state index in [9.17, 15) is 0 Å². The average molecular weight is 263 g/mol. The zero-order chi connectivity index (χ0) is 13.7. The topological polar surface area (TPSA) is 51.4 Å². The lowest BCUT2D eigenvalue weighted by molar-refractivity contribution is 0.0439. The molecule has 4 heteroatoms. The molecule has 0 aliphatic carbocycles. The van der Waals surface area contributed by atoms with E-state index in [0.717, 1.165) is 49.6 Å². The SMILES string of the molecule is CCCOC1CCCN(c2ccc(CN)c(C)n2)C1. The highest BCUT2D eigenvalue weighted by Crippen LogP contribution is 2.21. The van der Waals surface area contributed by atoms with Crippen molar-refractivity contribution in [3.63, 3.8) is 0 Å². The first-order valence-corrected chi connectivity index (χ1v) is 7.27. The Morgan fingerprint density at radius 1 is 1.47 bits per heavy atom. The number of nitrogens with two attached hydrogens (primary N) is 1. The quantitative estimate of drug-likeness (QED) is 0.885. The fraction of sp³-hybridized carbons (Fsp3) is 0.667. The summed E-state index contributed by atoms with van der Waals surface area (Å²) >= 11 is 0. The highest BCUT2D eigenvalue weighted by molar-refractivity contribution is 5.42. The molecule has 1 atom stereocenters. The van der Waals surface area contributed by atoms with Crippen LogP contribution < -0.4 is 10.6 Å². The molecule has 1 aliphatic rings. The maximum Gasteiger partial charge on any atom is 0.128 e. The van der Waals surface area contributed by atoms with Gasteiger partial charge in [0.05, 0.1) is 6.10 Å². The normalized spacial score (nSPS) is 19.7. The molecule has 0 aromatic carbocycles. The molecule has 0 bridgehead atoms. The van der Waals surface area contributed by atoms with E-state index >= 15 is 0 Å². The van der Waals surface area contributed by atoms with E-state index in [1.165, 1.54) is 6.42 Å². The minimum Gasteiger partial charge on any atom is -0.376 e. The number of hydrogen-bond acceptors (Lipinski definition) is 4. The summed E-state index contributed by atoms with van der Waals surface area (Å²) in [5.41, 5.74) is 7.85. The number of ether oxygens (including phenoxy) is 1. The van der Waals surface area contributed by atoms with Crippen LogP contribution in [0.4, 0.5) is 5.82 Å². The smallest absolute Gasteiger partial charge is 0.128 e. The van der Waals surface area contributed by atoms with Crippen molar-refractivity contribution >= 4 is 5.82 Å². The van der Waals surface area contributed by atoms with Gasteiger partial charge in [-0.3, -0.25) is 0 Å². The summed E-state index contributed by atoms with van der Waals surface area (Å²) in [6.45, 7) is 7.62. The van der Waals surface area contributed by atoms with Crippen molar-refractivity contribution in [1.82, 2.24) is 4.98 Å². The highest BCUT2D eigenvalue weighted by atomic mass is 16.5. The van der Waals surface area contributed by atoms with Crippen LogP contribution in [-0.2, 0) is 11.3 Å². The molecular formula is C15H25N3O. The van der Waals surface area contributed by atoms with Crippen molar-refractivity contribution in [3.05, 3.63) is 23.4 Å². The third-order valence-corrected chi connectivity index (χ3v) is 3.66. The Kier molecular flexibility index (Phi) is 5.16. The lowest BCUT2D eigenvalue weighted by Gasteiger charge is -2.33. The summed E-state index contributed by atoms with van der Waals surface area (Å²) < 4.78 is 5.87. The standard InChI is InChI=1S/C15H25N3O/c1-3-9-19-14-5-4-8-18(11-14)15-7-6-13(10-16)12(2)17-15/h6-7,14H,3-5,8-11,16H2,1-2H3. The Bertz CT molecular complexity index is 408. The molecule has 0 spiro atoms. The van der Waals surface area contributed by atoms with E-state index in [1.807, 2.05) is 6.92 Å². The van der Waals surface area contributed by atoms with Crippen molar-refractivity contribution in [2.75, 3.05) is 24.6 Å². The minimum absolute atomic E-state index is 0.352. The summed E-state index contributed by atoms with van der Waals surface area (Å²) in [6, 6.07) is 4.17. The Morgan fingerprint density at radius 2 is 2.32 bits per heavy atom. The van der Waals surface area contributed by atoms with Crippen LogP contribution in [0.15, 0.2) is 12.1 Å². The molecule has 0 saturated carbocycles. The second-order valence-corrected chi connectivity index (χ2v) is 5.20. The second kappa shape index (κ2) is 6.87. The third-order valence-electron chi connectivity index (χ3n) is 3.66. The number of aryl methyl sites for hydroxylation is 1. The van der Waals surface area contributed by atoms with Crippen LogP contribution in [0.3, 0.4) is 0 Å². The molecule has 106 valence electrons. The molecule has 1 aromatic heterocycles. The first-order chi connectivity index (χ1) is 9.24. The molecule has 2 N–H and O–H groups in total. The number of piperidine rings is 1. The largest absolute Gasteiger partial charge is 0.376 e. The van der Waals surface area contributed by atoms with Gasteiger partial charge in [-0.15, -0.1) is 0 Å². The summed E-state index contributed by atoms with van der Waals surface area (Å²) in [5.74, 6) is 1.06. The van der Waals surface area contributed by atoms with E-state index in [2.05, 4.69) is 28.9 Å². The lowest BCUT2D eigenvalue weighted by atomic mass is 10.1. The van der Waals surface area contributed by atoms with Crippen molar-refractivity contribution in [2.45, 2.75) is 45.8 Å².